The highest BCUT2D eigenvalue weighted by Crippen LogP contribution is 2.32. The summed E-state index contributed by atoms with van der Waals surface area (Å²) in [6.07, 6.45) is 0. The van der Waals surface area contributed by atoms with E-state index >= 15 is 0 Å². The maximum atomic E-state index is 11.8. The van der Waals surface area contributed by atoms with Gasteiger partial charge in [-0.3, -0.25) is 5.32 Å². The molecule has 1 atom stereocenters. The Kier molecular flexibility index (Phi) is 5.52. The monoisotopic (exact) mass is 299 g/mol. The third kappa shape index (κ3) is 3.94. The largest absolute Gasteiger partial charge is 0.478 e. The van der Waals surface area contributed by atoms with Crippen LogP contribution in [-0.4, -0.2) is 48.7 Å². The minimum absolute atomic E-state index is 0.170. The molecule has 20 heavy (non-hydrogen) atoms. The van der Waals surface area contributed by atoms with E-state index in [9.17, 15) is 14.7 Å². The number of aromatic carboxylic acids is 1. The predicted octanol–water partition coefficient (Wildman–Crippen LogP) is 2.13. The van der Waals surface area contributed by atoms with Crippen molar-refractivity contribution in [3.05, 3.63) is 16.0 Å². The number of carbonyl (C=O) groups excluding carboxylic acids is 1. The molecule has 0 bridgehead atoms. The van der Waals surface area contributed by atoms with Crippen LogP contribution in [0.2, 0.25) is 0 Å². The fourth-order valence-corrected chi connectivity index (χ4v) is 2.59. The van der Waals surface area contributed by atoms with Crippen LogP contribution in [0.5, 0.6) is 0 Å². The molecule has 0 saturated carbocycles. The second-order valence-corrected chi connectivity index (χ2v) is 6.16. The van der Waals surface area contributed by atoms with Crippen molar-refractivity contribution in [1.82, 2.24) is 10.2 Å². The molecule has 0 fully saturated rings. The summed E-state index contributed by atoms with van der Waals surface area (Å²) in [6.45, 7) is 6.06. The van der Waals surface area contributed by atoms with Crippen molar-refractivity contribution in [1.29, 1.82) is 0 Å². The molecule has 112 valence electrons. The first-order chi connectivity index (χ1) is 9.23. The zero-order valence-corrected chi connectivity index (χ0v) is 13.2. The van der Waals surface area contributed by atoms with Crippen LogP contribution in [0, 0.1) is 13.8 Å². The van der Waals surface area contributed by atoms with Crippen LogP contribution in [0.4, 0.5) is 9.80 Å². The smallest absolute Gasteiger partial charge is 0.338 e. The van der Waals surface area contributed by atoms with Crippen LogP contribution in [0.25, 0.3) is 0 Å². The molecule has 1 heterocycles. The summed E-state index contributed by atoms with van der Waals surface area (Å²) in [5.41, 5.74) is 0.864. The highest BCUT2D eigenvalue weighted by molar-refractivity contribution is 7.16. The topological polar surface area (TPSA) is 81.7 Å². The summed E-state index contributed by atoms with van der Waals surface area (Å²) in [6, 6.07) is -0.186. The second-order valence-electron chi connectivity index (χ2n) is 4.94. The Bertz CT molecular complexity index is 511. The van der Waals surface area contributed by atoms with E-state index in [1.165, 1.54) is 11.3 Å². The van der Waals surface area contributed by atoms with Gasteiger partial charge in [0, 0.05) is 17.5 Å². The van der Waals surface area contributed by atoms with Crippen molar-refractivity contribution in [2.45, 2.75) is 26.8 Å². The first-order valence-corrected chi connectivity index (χ1v) is 7.10. The first kappa shape index (κ1) is 16.5. The molecule has 0 saturated heterocycles. The molecule has 1 unspecified atom stereocenters. The van der Waals surface area contributed by atoms with E-state index < -0.39 is 5.97 Å². The van der Waals surface area contributed by atoms with Crippen LogP contribution in [-0.2, 0) is 0 Å². The molecular formula is C13H21N3O3S. The van der Waals surface area contributed by atoms with Crippen LogP contribution in [0.1, 0.15) is 27.7 Å². The number of urea groups is 1. The van der Waals surface area contributed by atoms with Gasteiger partial charge < -0.3 is 15.3 Å². The van der Waals surface area contributed by atoms with Crippen molar-refractivity contribution in [2.24, 2.45) is 0 Å². The van der Waals surface area contributed by atoms with Gasteiger partial charge in [0.25, 0.3) is 0 Å². The van der Waals surface area contributed by atoms with Gasteiger partial charge in [-0.05, 0) is 40.4 Å². The number of rotatable bonds is 5. The van der Waals surface area contributed by atoms with Gasteiger partial charge in [0.1, 0.15) is 5.00 Å². The number of amides is 2. The van der Waals surface area contributed by atoms with Gasteiger partial charge in [-0.2, -0.15) is 0 Å². The van der Waals surface area contributed by atoms with E-state index in [0.29, 0.717) is 17.1 Å². The Morgan fingerprint density at radius 3 is 2.45 bits per heavy atom. The van der Waals surface area contributed by atoms with Gasteiger partial charge in [0.05, 0.1) is 5.56 Å². The molecule has 0 aliphatic carbocycles. The molecule has 0 aliphatic rings. The molecule has 0 radical (unpaired) electrons. The summed E-state index contributed by atoms with van der Waals surface area (Å²) in [5, 5.41) is 14.9. The molecule has 0 aromatic carbocycles. The van der Waals surface area contributed by atoms with Gasteiger partial charge in [0.15, 0.2) is 0 Å². The summed E-state index contributed by atoms with van der Waals surface area (Å²) >= 11 is 1.28. The lowest BCUT2D eigenvalue weighted by Crippen LogP contribution is -2.40. The van der Waals surface area contributed by atoms with Crippen molar-refractivity contribution in [3.63, 3.8) is 0 Å². The molecule has 3 N–H and O–H groups in total. The number of thiophene rings is 1. The summed E-state index contributed by atoms with van der Waals surface area (Å²) in [5.74, 6) is -1.02. The molecule has 2 amide bonds. The zero-order chi connectivity index (χ0) is 15.4. The highest BCUT2D eigenvalue weighted by atomic mass is 32.1. The SMILES string of the molecule is Cc1sc(NC(=O)NCC(C)N(C)C)c(C(=O)O)c1C. The number of anilines is 1. The van der Waals surface area contributed by atoms with Gasteiger partial charge in [-0.1, -0.05) is 0 Å². The van der Waals surface area contributed by atoms with Gasteiger partial charge >= 0.3 is 12.0 Å². The van der Waals surface area contributed by atoms with E-state index in [1.807, 2.05) is 32.8 Å². The second kappa shape index (κ2) is 6.71. The average molecular weight is 299 g/mol. The Balaban J connectivity index is 2.72. The molecular weight excluding hydrogens is 278 g/mol. The highest BCUT2D eigenvalue weighted by Gasteiger charge is 2.20. The number of hydrogen-bond acceptors (Lipinski definition) is 4. The van der Waals surface area contributed by atoms with E-state index in [1.54, 1.807) is 6.92 Å². The number of carboxylic acid groups (broad SMARTS) is 1. The Hall–Kier alpha value is -1.60. The third-order valence-corrected chi connectivity index (χ3v) is 4.39. The predicted molar refractivity (Wildman–Crippen MR) is 80.9 cm³/mol. The zero-order valence-electron chi connectivity index (χ0n) is 12.4. The number of nitrogens with one attached hydrogen (secondary N) is 2. The number of nitrogens with zero attached hydrogens (tertiary/aromatic N) is 1. The summed E-state index contributed by atoms with van der Waals surface area (Å²) in [4.78, 5) is 25.9. The molecule has 0 spiro atoms. The van der Waals surface area contributed by atoms with Crippen LogP contribution in [0.15, 0.2) is 0 Å². The molecule has 0 aliphatic heterocycles. The van der Waals surface area contributed by atoms with Crippen LogP contribution >= 0.6 is 11.3 Å². The lowest BCUT2D eigenvalue weighted by atomic mass is 10.1. The fraction of sp³-hybridized carbons (Fsp3) is 0.538. The Labute approximate surface area is 122 Å². The van der Waals surface area contributed by atoms with E-state index in [4.69, 9.17) is 0 Å². The minimum Gasteiger partial charge on any atom is -0.478 e. The van der Waals surface area contributed by atoms with Crippen molar-refractivity contribution < 1.29 is 14.7 Å². The Morgan fingerprint density at radius 1 is 1.35 bits per heavy atom. The van der Waals surface area contributed by atoms with E-state index in [-0.39, 0.29) is 17.6 Å². The lowest BCUT2D eigenvalue weighted by molar-refractivity contribution is 0.0697. The standard InChI is InChI=1S/C13H21N3O3S/c1-7(16(4)5)6-14-13(19)15-11-10(12(17)18)8(2)9(3)20-11/h7H,6H2,1-5H3,(H,17,18)(H2,14,15,19). The lowest BCUT2D eigenvalue weighted by Gasteiger charge is -2.20. The normalized spacial score (nSPS) is 12.3. The quantitative estimate of drug-likeness (QED) is 0.778. The van der Waals surface area contributed by atoms with Crippen molar-refractivity contribution >= 4 is 28.3 Å². The third-order valence-electron chi connectivity index (χ3n) is 3.27. The molecule has 6 nitrogen and oxygen atoms in total. The average Bonchev–Trinajstić information content (AvgIpc) is 2.61. The number of hydrogen-bond donors (Lipinski definition) is 3. The van der Waals surface area contributed by atoms with Crippen LogP contribution < -0.4 is 10.6 Å². The summed E-state index contributed by atoms with van der Waals surface area (Å²) in [7, 11) is 3.86. The fourth-order valence-electron chi connectivity index (χ4n) is 1.54. The van der Waals surface area contributed by atoms with Crippen molar-refractivity contribution in [2.75, 3.05) is 26.0 Å². The van der Waals surface area contributed by atoms with Crippen molar-refractivity contribution in [3.8, 4) is 0 Å². The number of likely N-dealkylation sites (N-methyl/N-ethyl adjacent to an activating group) is 1. The molecule has 1 rings (SSSR count). The van der Waals surface area contributed by atoms with E-state index in [2.05, 4.69) is 10.6 Å². The molecule has 1 aromatic heterocycles. The number of aryl methyl sites for hydroxylation is 1. The maximum Gasteiger partial charge on any atom is 0.338 e. The summed E-state index contributed by atoms with van der Waals surface area (Å²) < 4.78 is 0. The maximum absolute atomic E-state index is 11.8. The molecule has 7 heteroatoms. The number of carboxylic acids is 1. The Morgan fingerprint density at radius 2 is 1.95 bits per heavy atom. The molecule has 1 aromatic rings. The number of carbonyl (C=O) groups is 2. The van der Waals surface area contributed by atoms with Crippen LogP contribution in [0.3, 0.4) is 0 Å². The van der Waals surface area contributed by atoms with Gasteiger partial charge in [-0.25, -0.2) is 9.59 Å². The first-order valence-electron chi connectivity index (χ1n) is 6.28. The van der Waals surface area contributed by atoms with Gasteiger partial charge in [-0.15, -0.1) is 11.3 Å². The van der Waals surface area contributed by atoms with E-state index in [0.717, 1.165) is 4.88 Å². The minimum atomic E-state index is -1.02. The van der Waals surface area contributed by atoms with Gasteiger partial charge in [0.2, 0.25) is 0 Å².